The van der Waals surface area contributed by atoms with Crippen molar-refractivity contribution in [1.29, 1.82) is 0 Å². The minimum absolute atomic E-state index is 0.160. The van der Waals surface area contributed by atoms with Crippen molar-refractivity contribution in [2.75, 3.05) is 0 Å². The fourth-order valence-electron chi connectivity index (χ4n) is 2.37. The molecule has 0 atom stereocenters. The lowest BCUT2D eigenvalue weighted by molar-refractivity contribution is 0.0478. The van der Waals surface area contributed by atoms with Gasteiger partial charge in [0.05, 0.1) is 15.1 Å². The summed E-state index contributed by atoms with van der Waals surface area (Å²) in [6.45, 7) is 0.160. The summed E-state index contributed by atoms with van der Waals surface area (Å²) in [5.74, 6) is -0.350. The highest BCUT2D eigenvalue weighted by atomic mass is 35.5. The maximum absolute atomic E-state index is 12.3. The van der Waals surface area contributed by atoms with E-state index in [9.17, 15) is 4.79 Å². The van der Waals surface area contributed by atoms with Gasteiger partial charge in [0.25, 0.3) is 0 Å². The number of fused-ring (bicyclic) bond motifs is 1. The van der Waals surface area contributed by atoms with Gasteiger partial charge in [-0.05, 0) is 30.3 Å². The predicted octanol–water partition coefficient (Wildman–Crippen LogP) is 6.04. The number of carbonyl (C=O) groups excluding carboxylic acids is 1. The lowest BCUT2D eigenvalue weighted by atomic mass is 10.2. The van der Waals surface area contributed by atoms with Crippen LogP contribution in [0.2, 0.25) is 5.02 Å². The van der Waals surface area contributed by atoms with Gasteiger partial charge in [0.2, 0.25) is 0 Å². The molecule has 124 valence electrons. The molecule has 0 saturated heterocycles. The normalized spacial score (nSPS) is 10.9. The van der Waals surface area contributed by atoms with E-state index in [1.807, 2.05) is 48.5 Å². The Hall–Kier alpha value is -2.21. The van der Waals surface area contributed by atoms with Gasteiger partial charge in [-0.2, -0.15) is 0 Å². The van der Waals surface area contributed by atoms with E-state index in [-0.39, 0.29) is 12.6 Å². The van der Waals surface area contributed by atoms with Crippen LogP contribution in [0.5, 0.6) is 0 Å². The van der Waals surface area contributed by atoms with Gasteiger partial charge in [-0.25, -0.2) is 9.78 Å². The molecule has 0 bridgehead atoms. The van der Waals surface area contributed by atoms with E-state index < -0.39 is 0 Å². The summed E-state index contributed by atoms with van der Waals surface area (Å²) in [6.07, 6.45) is 0. The van der Waals surface area contributed by atoms with Crippen LogP contribution in [0.4, 0.5) is 0 Å². The van der Waals surface area contributed by atoms with E-state index in [2.05, 4.69) is 4.98 Å². The SMILES string of the molecule is O=C(OCc1ccccc1Cl)c1ccc(-c2nc3ccccc3s2)s1. The number of rotatable bonds is 4. The van der Waals surface area contributed by atoms with Crippen molar-refractivity contribution >= 4 is 50.5 Å². The molecular formula is C19H12ClNO2S2. The molecule has 4 aromatic rings. The number of hydrogen-bond acceptors (Lipinski definition) is 5. The number of thiazole rings is 1. The Balaban J connectivity index is 1.50. The first-order chi connectivity index (χ1) is 12.2. The summed E-state index contributed by atoms with van der Waals surface area (Å²) in [5.41, 5.74) is 1.76. The fourth-order valence-corrected chi connectivity index (χ4v) is 4.48. The van der Waals surface area contributed by atoms with Crippen molar-refractivity contribution in [3.63, 3.8) is 0 Å². The largest absolute Gasteiger partial charge is 0.457 e. The van der Waals surface area contributed by atoms with Crippen molar-refractivity contribution in [3.8, 4) is 9.88 Å². The first-order valence-electron chi connectivity index (χ1n) is 7.57. The Labute approximate surface area is 157 Å². The highest BCUT2D eigenvalue weighted by Gasteiger charge is 2.14. The monoisotopic (exact) mass is 385 g/mol. The number of halogens is 1. The molecule has 0 aliphatic heterocycles. The molecule has 0 unspecified atom stereocenters. The molecule has 0 saturated carbocycles. The number of thiophene rings is 1. The van der Waals surface area contributed by atoms with Crippen LogP contribution in [-0.2, 0) is 11.3 Å². The van der Waals surface area contributed by atoms with E-state index in [4.69, 9.17) is 16.3 Å². The van der Waals surface area contributed by atoms with Crippen LogP contribution in [0.1, 0.15) is 15.2 Å². The Morgan fingerprint density at radius 2 is 1.80 bits per heavy atom. The molecule has 2 aromatic heterocycles. The topological polar surface area (TPSA) is 39.2 Å². The summed E-state index contributed by atoms with van der Waals surface area (Å²) in [6, 6.07) is 19.0. The third kappa shape index (κ3) is 3.44. The molecule has 0 N–H and O–H groups in total. The van der Waals surface area contributed by atoms with Crippen molar-refractivity contribution in [2.45, 2.75) is 6.61 Å². The number of esters is 1. The molecular weight excluding hydrogens is 374 g/mol. The average Bonchev–Trinajstić information content (AvgIpc) is 3.27. The van der Waals surface area contributed by atoms with Crippen molar-refractivity contribution in [1.82, 2.24) is 4.98 Å². The van der Waals surface area contributed by atoms with E-state index in [1.54, 1.807) is 23.5 Å². The Morgan fingerprint density at radius 1 is 1.00 bits per heavy atom. The van der Waals surface area contributed by atoms with Crippen molar-refractivity contribution < 1.29 is 9.53 Å². The Kier molecular flexibility index (Phi) is 4.53. The van der Waals surface area contributed by atoms with Gasteiger partial charge in [-0.3, -0.25) is 0 Å². The molecule has 0 spiro atoms. The molecule has 2 heterocycles. The number of hydrogen-bond donors (Lipinski definition) is 0. The van der Waals surface area contributed by atoms with Crippen LogP contribution in [0.3, 0.4) is 0 Å². The van der Waals surface area contributed by atoms with Crippen molar-refractivity contribution in [3.05, 3.63) is 76.1 Å². The average molecular weight is 386 g/mol. The van der Waals surface area contributed by atoms with Gasteiger partial charge in [0.1, 0.15) is 16.5 Å². The third-order valence-electron chi connectivity index (χ3n) is 3.63. The summed E-state index contributed by atoms with van der Waals surface area (Å²) in [7, 11) is 0. The minimum atomic E-state index is -0.350. The molecule has 3 nitrogen and oxygen atoms in total. The number of nitrogens with zero attached hydrogens (tertiary/aromatic N) is 1. The number of ether oxygens (including phenoxy) is 1. The first-order valence-corrected chi connectivity index (χ1v) is 9.58. The molecule has 2 aromatic carbocycles. The maximum atomic E-state index is 12.3. The quantitative estimate of drug-likeness (QED) is 0.402. The van der Waals surface area contributed by atoms with Crippen molar-refractivity contribution in [2.24, 2.45) is 0 Å². The van der Waals surface area contributed by atoms with Gasteiger partial charge in [-0.15, -0.1) is 22.7 Å². The van der Waals surface area contributed by atoms with Crippen LogP contribution in [0.25, 0.3) is 20.1 Å². The van der Waals surface area contributed by atoms with Gasteiger partial charge < -0.3 is 4.74 Å². The molecule has 0 radical (unpaired) electrons. The molecule has 0 aliphatic rings. The molecule has 4 rings (SSSR count). The van der Waals surface area contributed by atoms with Crippen LogP contribution < -0.4 is 0 Å². The molecule has 0 amide bonds. The van der Waals surface area contributed by atoms with Gasteiger partial charge in [0, 0.05) is 10.6 Å². The second kappa shape index (κ2) is 6.96. The van der Waals surface area contributed by atoms with Crippen LogP contribution in [0, 0.1) is 0 Å². The molecule has 25 heavy (non-hydrogen) atoms. The lowest BCUT2D eigenvalue weighted by Crippen LogP contribution is -2.03. The van der Waals surface area contributed by atoms with E-state index in [1.165, 1.54) is 11.3 Å². The smallest absolute Gasteiger partial charge is 0.348 e. The number of benzene rings is 2. The standard InChI is InChI=1S/C19H12ClNO2S2/c20-13-6-2-1-5-12(13)11-23-19(22)17-10-9-16(24-17)18-21-14-7-3-4-8-15(14)25-18/h1-10H,11H2. The summed E-state index contributed by atoms with van der Waals surface area (Å²) >= 11 is 9.09. The zero-order valence-electron chi connectivity index (χ0n) is 12.9. The summed E-state index contributed by atoms with van der Waals surface area (Å²) in [5, 5.41) is 1.51. The second-order valence-corrected chi connectivity index (χ2v) is 7.84. The molecule has 0 aliphatic carbocycles. The van der Waals surface area contributed by atoms with E-state index in [0.717, 1.165) is 25.7 Å². The summed E-state index contributed by atoms with van der Waals surface area (Å²) < 4.78 is 6.51. The predicted molar refractivity (Wildman–Crippen MR) is 104 cm³/mol. The second-order valence-electron chi connectivity index (χ2n) is 5.32. The fraction of sp³-hybridized carbons (Fsp3) is 0.0526. The molecule has 6 heteroatoms. The summed E-state index contributed by atoms with van der Waals surface area (Å²) in [4.78, 5) is 18.4. The maximum Gasteiger partial charge on any atom is 0.348 e. The lowest BCUT2D eigenvalue weighted by Gasteiger charge is -2.04. The first kappa shape index (κ1) is 16.3. The van der Waals surface area contributed by atoms with Gasteiger partial charge in [-0.1, -0.05) is 41.9 Å². The van der Waals surface area contributed by atoms with Gasteiger partial charge in [0.15, 0.2) is 0 Å². The van der Waals surface area contributed by atoms with Crippen LogP contribution >= 0.6 is 34.3 Å². The van der Waals surface area contributed by atoms with Crippen LogP contribution in [0.15, 0.2) is 60.7 Å². The van der Waals surface area contributed by atoms with E-state index in [0.29, 0.717) is 9.90 Å². The number of para-hydroxylation sites is 1. The van der Waals surface area contributed by atoms with Crippen LogP contribution in [-0.4, -0.2) is 11.0 Å². The zero-order valence-corrected chi connectivity index (χ0v) is 15.3. The third-order valence-corrected chi connectivity index (χ3v) is 6.27. The Bertz CT molecular complexity index is 1020. The highest BCUT2D eigenvalue weighted by molar-refractivity contribution is 7.26. The number of aromatic nitrogens is 1. The molecule has 0 fully saturated rings. The van der Waals surface area contributed by atoms with Gasteiger partial charge >= 0.3 is 5.97 Å². The zero-order chi connectivity index (χ0) is 17.2. The minimum Gasteiger partial charge on any atom is -0.457 e. The number of carbonyl (C=O) groups is 1. The Morgan fingerprint density at radius 3 is 2.64 bits per heavy atom. The highest BCUT2D eigenvalue weighted by Crippen LogP contribution is 2.34. The van der Waals surface area contributed by atoms with E-state index >= 15 is 0 Å².